The number of pyridine rings is 1. The molecule has 1 atom stereocenters. The maximum Gasteiger partial charge on any atom is 0.282 e. The van der Waals surface area contributed by atoms with Gasteiger partial charge in [0.1, 0.15) is 5.75 Å². The Morgan fingerprint density at radius 1 is 0.929 bits per heavy atom. The molecule has 0 fully saturated rings. The SMILES string of the molecule is CCCCCN1C(=O)C(Oc2ccccc2)(c2ccccn2)c2ccccc21. The quantitative estimate of drug-likeness (QED) is 0.552. The average Bonchev–Trinajstić information content (AvgIpc) is 2.99. The summed E-state index contributed by atoms with van der Waals surface area (Å²) in [4.78, 5) is 20.2. The molecule has 2 heterocycles. The van der Waals surface area contributed by atoms with Gasteiger partial charge in [-0.3, -0.25) is 9.78 Å². The van der Waals surface area contributed by atoms with Gasteiger partial charge in [0.05, 0.1) is 11.4 Å². The Kier molecular flexibility index (Phi) is 5.11. The molecule has 2 aromatic carbocycles. The Morgan fingerprint density at radius 2 is 1.68 bits per heavy atom. The number of carbonyl (C=O) groups is 1. The number of fused-ring (bicyclic) bond motifs is 1. The predicted octanol–water partition coefficient (Wildman–Crippen LogP) is 4.94. The van der Waals surface area contributed by atoms with E-state index in [4.69, 9.17) is 4.74 Å². The Labute approximate surface area is 165 Å². The van der Waals surface area contributed by atoms with Crippen LogP contribution in [0.5, 0.6) is 5.75 Å². The van der Waals surface area contributed by atoms with E-state index in [0.717, 1.165) is 30.5 Å². The molecule has 0 saturated carbocycles. The molecule has 1 amide bonds. The molecule has 0 spiro atoms. The number of unbranched alkanes of at least 4 members (excludes halogenated alkanes) is 2. The van der Waals surface area contributed by atoms with Gasteiger partial charge in [0.25, 0.3) is 11.5 Å². The third kappa shape index (κ3) is 3.05. The first kappa shape index (κ1) is 18.2. The van der Waals surface area contributed by atoms with Gasteiger partial charge in [-0.2, -0.15) is 0 Å². The van der Waals surface area contributed by atoms with Crippen LogP contribution >= 0.6 is 0 Å². The minimum Gasteiger partial charge on any atom is -0.466 e. The van der Waals surface area contributed by atoms with E-state index in [-0.39, 0.29) is 5.91 Å². The summed E-state index contributed by atoms with van der Waals surface area (Å²) in [7, 11) is 0. The number of ether oxygens (including phenoxy) is 1. The van der Waals surface area contributed by atoms with E-state index < -0.39 is 5.60 Å². The number of carbonyl (C=O) groups excluding carboxylic acids is 1. The number of amides is 1. The van der Waals surface area contributed by atoms with Crippen LogP contribution in [0.1, 0.15) is 37.4 Å². The van der Waals surface area contributed by atoms with E-state index in [1.54, 1.807) is 6.20 Å². The third-order valence-electron chi connectivity index (χ3n) is 5.15. The molecule has 4 rings (SSSR count). The lowest BCUT2D eigenvalue weighted by atomic mass is 9.90. The first-order chi connectivity index (χ1) is 13.8. The van der Waals surface area contributed by atoms with E-state index in [0.29, 0.717) is 18.0 Å². The van der Waals surface area contributed by atoms with Crippen LogP contribution in [0.3, 0.4) is 0 Å². The Morgan fingerprint density at radius 3 is 2.43 bits per heavy atom. The van der Waals surface area contributed by atoms with Crippen molar-refractivity contribution in [2.45, 2.75) is 31.8 Å². The van der Waals surface area contributed by atoms with E-state index in [1.807, 2.05) is 77.7 Å². The first-order valence-corrected chi connectivity index (χ1v) is 9.84. The molecule has 0 saturated heterocycles. The lowest BCUT2D eigenvalue weighted by molar-refractivity contribution is -0.130. The highest BCUT2D eigenvalue weighted by Crippen LogP contribution is 2.46. The fraction of sp³-hybridized carbons (Fsp3) is 0.250. The largest absolute Gasteiger partial charge is 0.466 e. The van der Waals surface area contributed by atoms with Crippen molar-refractivity contribution >= 4 is 11.6 Å². The van der Waals surface area contributed by atoms with Crippen molar-refractivity contribution in [3.05, 3.63) is 90.3 Å². The predicted molar refractivity (Wildman–Crippen MR) is 110 cm³/mol. The van der Waals surface area contributed by atoms with Crippen molar-refractivity contribution < 1.29 is 9.53 Å². The van der Waals surface area contributed by atoms with Crippen LogP contribution in [0.4, 0.5) is 5.69 Å². The zero-order chi connectivity index (χ0) is 19.4. The molecule has 28 heavy (non-hydrogen) atoms. The summed E-state index contributed by atoms with van der Waals surface area (Å²) in [5.74, 6) is 0.569. The molecule has 1 aliphatic heterocycles. The maximum absolute atomic E-state index is 13.8. The molecule has 4 heteroatoms. The highest BCUT2D eigenvalue weighted by atomic mass is 16.5. The van der Waals surface area contributed by atoms with Crippen LogP contribution < -0.4 is 9.64 Å². The molecule has 0 radical (unpaired) electrons. The van der Waals surface area contributed by atoms with Crippen molar-refractivity contribution in [1.82, 2.24) is 4.98 Å². The van der Waals surface area contributed by atoms with Gasteiger partial charge in [-0.15, -0.1) is 0 Å². The molecule has 4 nitrogen and oxygen atoms in total. The van der Waals surface area contributed by atoms with Gasteiger partial charge in [0.15, 0.2) is 0 Å². The highest BCUT2D eigenvalue weighted by molar-refractivity contribution is 6.09. The van der Waals surface area contributed by atoms with Gasteiger partial charge in [-0.05, 0) is 36.8 Å². The molecule has 1 unspecified atom stereocenters. The summed E-state index contributed by atoms with van der Waals surface area (Å²) in [5, 5.41) is 0. The summed E-state index contributed by atoms with van der Waals surface area (Å²) in [6.45, 7) is 2.84. The summed E-state index contributed by atoms with van der Waals surface area (Å²) >= 11 is 0. The molecule has 0 aliphatic carbocycles. The molecule has 142 valence electrons. The van der Waals surface area contributed by atoms with Crippen molar-refractivity contribution in [3.8, 4) is 5.75 Å². The van der Waals surface area contributed by atoms with Gasteiger partial charge < -0.3 is 9.64 Å². The fourth-order valence-corrected chi connectivity index (χ4v) is 3.80. The number of para-hydroxylation sites is 2. The van der Waals surface area contributed by atoms with Crippen LogP contribution in [-0.4, -0.2) is 17.4 Å². The zero-order valence-corrected chi connectivity index (χ0v) is 16.0. The minimum absolute atomic E-state index is 0.0765. The second-order valence-corrected chi connectivity index (χ2v) is 6.99. The van der Waals surface area contributed by atoms with Crippen molar-refractivity contribution in [2.75, 3.05) is 11.4 Å². The van der Waals surface area contributed by atoms with E-state index >= 15 is 0 Å². The molecule has 3 aromatic rings. The summed E-state index contributed by atoms with van der Waals surface area (Å²) in [6.07, 6.45) is 4.86. The molecule has 1 aliphatic rings. The summed E-state index contributed by atoms with van der Waals surface area (Å²) in [6, 6.07) is 23.0. The number of rotatable bonds is 7. The van der Waals surface area contributed by atoms with Gasteiger partial charge in [-0.1, -0.05) is 62.2 Å². The number of benzene rings is 2. The van der Waals surface area contributed by atoms with E-state index in [1.165, 1.54) is 0 Å². The van der Waals surface area contributed by atoms with Crippen molar-refractivity contribution in [2.24, 2.45) is 0 Å². The van der Waals surface area contributed by atoms with Crippen LogP contribution in [0.25, 0.3) is 0 Å². The Hall–Kier alpha value is -3.14. The van der Waals surface area contributed by atoms with Gasteiger partial charge in [-0.25, -0.2) is 0 Å². The second kappa shape index (κ2) is 7.85. The highest BCUT2D eigenvalue weighted by Gasteiger charge is 2.55. The van der Waals surface area contributed by atoms with Crippen LogP contribution in [0.2, 0.25) is 0 Å². The van der Waals surface area contributed by atoms with Gasteiger partial charge in [0, 0.05) is 18.3 Å². The zero-order valence-electron chi connectivity index (χ0n) is 16.0. The smallest absolute Gasteiger partial charge is 0.282 e. The number of aromatic nitrogens is 1. The average molecular weight is 372 g/mol. The van der Waals surface area contributed by atoms with Crippen LogP contribution in [0.15, 0.2) is 79.0 Å². The monoisotopic (exact) mass is 372 g/mol. The number of hydrogen-bond acceptors (Lipinski definition) is 3. The van der Waals surface area contributed by atoms with Gasteiger partial charge >= 0.3 is 0 Å². The first-order valence-electron chi connectivity index (χ1n) is 9.84. The number of nitrogens with zero attached hydrogens (tertiary/aromatic N) is 2. The van der Waals surface area contributed by atoms with Gasteiger partial charge in [0.2, 0.25) is 0 Å². The molecule has 0 bridgehead atoms. The molecular formula is C24H24N2O2. The van der Waals surface area contributed by atoms with Crippen LogP contribution in [-0.2, 0) is 10.4 Å². The molecule has 1 aromatic heterocycles. The van der Waals surface area contributed by atoms with Crippen LogP contribution in [0, 0.1) is 0 Å². The summed E-state index contributed by atoms with van der Waals surface area (Å²) in [5.41, 5.74) is 1.09. The molecule has 0 N–H and O–H groups in total. The Balaban J connectivity index is 1.86. The van der Waals surface area contributed by atoms with E-state index in [2.05, 4.69) is 11.9 Å². The minimum atomic E-state index is -1.27. The third-order valence-corrected chi connectivity index (χ3v) is 5.15. The Bertz CT molecular complexity index is 943. The number of anilines is 1. The normalized spacial score (nSPS) is 18.2. The van der Waals surface area contributed by atoms with Crippen molar-refractivity contribution in [1.29, 1.82) is 0 Å². The summed E-state index contributed by atoms with van der Waals surface area (Å²) < 4.78 is 6.47. The van der Waals surface area contributed by atoms with E-state index in [9.17, 15) is 4.79 Å². The topological polar surface area (TPSA) is 42.4 Å². The lowest BCUT2D eigenvalue weighted by Gasteiger charge is -2.29. The fourth-order valence-electron chi connectivity index (χ4n) is 3.80. The molecular weight excluding hydrogens is 348 g/mol. The second-order valence-electron chi connectivity index (χ2n) is 6.99. The lowest BCUT2D eigenvalue weighted by Crippen LogP contribution is -2.46. The standard InChI is InChI=1S/C24H24N2O2/c1-2-3-11-18-26-21-15-8-7-14-20(21)24(23(26)27,22-16-9-10-17-25-22)28-19-12-5-4-6-13-19/h4-10,12-17H,2-3,11,18H2,1H3. The number of hydrogen-bond donors (Lipinski definition) is 0. The maximum atomic E-state index is 13.8. The van der Waals surface area contributed by atoms with Crippen molar-refractivity contribution in [3.63, 3.8) is 0 Å².